The highest BCUT2D eigenvalue weighted by Crippen LogP contribution is 2.22. The van der Waals surface area contributed by atoms with Crippen molar-refractivity contribution in [1.29, 1.82) is 0 Å². The van der Waals surface area contributed by atoms with Crippen molar-refractivity contribution in [2.75, 3.05) is 0 Å². The first kappa shape index (κ1) is 13.3. The Balaban J connectivity index is 2.31. The van der Waals surface area contributed by atoms with Crippen molar-refractivity contribution < 1.29 is 18.9 Å². The third-order valence-corrected chi connectivity index (χ3v) is 4.25. The maximum atomic E-state index is 10.9. The molecule has 4 nitrogen and oxygen atoms in total. The highest BCUT2D eigenvalue weighted by atomic mass is 31.1. The van der Waals surface area contributed by atoms with Crippen molar-refractivity contribution in [3.8, 4) is 11.1 Å². The Morgan fingerprint density at radius 3 is 1.11 bits per heavy atom. The van der Waals surface area contributed by atoms with Gasteiger partial charge >= 0.3 is 0 Å². The van der Waals surface area contributed by atoms with Crippen LogP contribution in [0.15, 0.2) is 48.5 Å². The van der Waals surface area contributed by atoms with Gasteiger partial charge in [-0.1, -0.05) is 24.3 Å². The highest BCUT2D eigenvalue weighted by Gasteiger charge is 2.03. The van der Waals surface area contributed by atoms with Crippen LogP contribution in [0.4, 0.5) is 0 Å². The summed E-state index contributed by atoms with van der Waals surface area (Å²) in [5, 5.41) is 0.835. The van der Waals surface area contributed by atoms with E-state index in [9.17, 15) is 9.13 Å². The predicted molar refractivity (Wildman–Crippen MR) is 73.6 cm³/mol. The van der Waals surface area contributed by atoms with Crippen LogP contribution in [0.1, 0.15) is 0 Å². The van der Waals surface area contributed by atoms with Crippen LogP contribution in [0.2, 0.25) is 0 Å². The maximum Gasteiger partial charge on any atom is 0.218 e. The van der Waals surface area contributed by atoms with Gasteiger partial charge in [-0.2, -0.15) is 0 Å². The van der Waals surface area contributed by atoms with E-state index in [-0.39, 0.29) is 0 Å². The molecule has 0 radical (unpaired) electrons. The fourth-order valence-electron chi connectivity index (χ4n) is 1.61. The summed E-state index contributed by atoms with van der Waals surface area (Å²) in [6, 6.07) is 13.5. The third-order valence-electron chi connectivity index (χ3n) is 2.60. The van der Waals surface area contributed by atoms with E-state index in [1.54, 1.807) is 48.5 Å². The molecule has 0 saturated heterocycles. The number of hydrogen-bond donors (Lipinski definition) is 2. The molecule has 2 aromatic carbocycles. The molecule has 0 aliphatic heterocycles. The van der Waals surface area contributed by atoms with Crippen LogP contribution >= 0.6 is 16.1 Å². The molecule has 0 spiro atoms. The smallest absolute Gasteiger partial charge is 0.218 e. The Bertz CT molecular complexity index is 535. The lowest BCUT2D eigenvalue weighted by Crippen LogP contribution is -1.96. The van der Waals surface area contributed by atoms with Crippen molar-refractivity contribution in [1.82, 2.24) is 0 Å². The summed E-state index contributed by atoms with van der Waals surface area (Å²) < 4.78 is 21.8. The van der Waals surface area contributed by atoms with Crippen molar-refractivity contribution in [3.05, 3.63) is 48.5 Å². The quantitative estimate of drug-likeness (QED) is 0.837. The molecule has 0 amide bonds. The molecule has 0 aliphatic rings. The fourth-order valence-corrected chi connectivity index (χ4v) is 2.51. The van der Waals surface area contributed by atoms with Gasteiger partial charge < -0.3 is 9.79 Å². The third kappa shape index (κ3) is 2.98. The molecule has 6 heteroatoms. The van der Waals surface area contributed by atoms with Gasteiger partial charge in [-0.3, -0.25) is 9.13 Å². The van der Waals surface area contributed by atoms with E-state index < -0.39 is 16.1 Å². The van der Waals surface area contributed by atoms with Crippen molar-refractivity contribution in [2.24, 2.45) is 0 Å². The molecule has 2 unspecified atom stereocenters. The van der Waals surface area contributed by atoms with E-state index in [2.05, 4.69) is 0 Å². The van der Waals surface area contributed by atoms with Crippen LogP contribution in [0.5, 0.6) is 0 Å². The lowest BCUT2D eigenvalue weighted by atomic mass is 10.1. The molecule has 0 aromatic heterocycles. The average molecular weight is 282 g/mol. The monoisotopic (exact) mass is 282 g/mol. The second-order valence-electron chi connectivity index (χ2n) is 3.77. The zero-order valence-electron chi connectivity index (χ0n) is 9.33. The number of hydrogen-bond acceptors (Lipinski definition) is 2. The first-order valence-electron chi connectivity index (χ1n) is 5.25. The van der Waals surface area contributed by atoms with E-state index in [0.717, 1.165) is 11.1 Å². The summed E-state index contributed by atoms with van der Waals surface area (Å²) in [7, 11) is -5.30. The Hall–Kier alpha value is -1.18. The first-order valence-corrected chi connectivity index (χ1v) is 7.96. The van der Waals surface area contributed by atoms with Crippen molar-refractivity contribution >= 4 is 26.7 Å². The first-order chi connectivity index (χ1) is 8.58. The highest BCUT2D eigenvalue weighted by molar-refractivity contribution is 7.47. The molecule has 0 fully saturated rings. The molecule has 0 aliphatic carbocycles. The molecule has 18 heavy (non-hydrogen) atoms. The standard InChI is InChI=1S/C12H12O4P2/c13-17(14)11-5-1-9(2-6-11)10-3-7-12(8-4-10)18(15)16/h1-8,17-18H,(H,13,14)(H,15,16). The van der Waals surface area contributed by atoms with Gasteiger partial charge in [0.15, 0.2) is 0 Å². The summed E-state index contributed by atoms with van der Waals surface area (Å²) in [6.45, 7) is 0. The zero-order chi connectivity index (χ0) is 13.1. The van der Waals surface area contributed by atoms with Crippen LogP contribution in [0.3, 0.4) is 0 Å². The summed E-state index contributed by atoms with van der Waals surface area (Å²) in [5.41, 5.74) is 1.79. The average Bonchev–Trinajstić information content (AvgIpc) is 2.39. The van der Waals surface area contributed by atoms with Gasteiger partial charge in [0.2, 0.25) is 16.1 Å². The summed E-state index contributed by atoms with van der Waals surface area (Å²) in [5.74, 6) is 0. The number of benzene rings is 2. The second-order valence-corrected chi connectivity index (χ2v) is 6.14. The zero-order valence-corrected chi connectivity index (χ0v) is 11.3. The molecule has 0 bridgehead atoms. The molecule has 2 atom stereocenters. The predicted octanol–water partition coefficient (Wildman–Crippen LogP) is 1.54. The molecule has 94 valence electrons. The van der Waals surface area contributed by atoms with Crippen molar-refractivity contribution in [2.45, 2.75) is 0 Å². The van der Waals surface area contributed by atoms with Gasteiger partial charge in [0.1, 0.15) is 0 Å². The van der Waals surface area contributed by atoms with Gasteiger partial charge in [0, 0.05) is 10.6 Å². The molecule has 0 saturated carbocycles. The van der Waals surface area contributed by atoms with E-state index in [1.165, 1.54) is 0 Å². The van der Waals surface area contributed by atoms with E-state index >= 15 is 0 Å². The molecular weight excluding hydrogens is 270 g/mol. The van der Waals surface area contributed by atoms with Crippen LogP contribution < -0.4 is 10.6 Å². The van der Waals surface area contributed by atoms with Crippen LogP contribution in [-0.4, -0.2) is 9.79 Å². The van der Waals surface area contributed by atoms with Gasteiger partial charge in [0.05, 0.1) is 0 Å². The van der Waals surface area contributed by atoms with E-state index in [1.807, 2.05) is 0 Å². The Labute approximate surface area is 106 Å². The summed E-state index contributed by atoms with van der Waals surface area (Å²) in [6.07, 6.45) is 0. The molecule has 2 aromatic rings. The van der Waals surface area contributed by atoms with Gasteiger partial charge in [-0.25, -0.2) is 0 Å². The van der Waals surface area contributed by atoms with Crippen molar-refractivity contribution in [3.63, 3.8) is 0 Å². The fraction of sp³-hybridized carbons (Fsp3) is 0. The topological polar surface area (TPSA) is 74.6 Å². The summed E-state index contributed by atoms with van der Waals surface area (Å²) in [4.78, 5) is 17.9. The van der Waals surface area contributed by atoms with E-state index in [4.69, 9.17) is 9.79 Å². The largest absolute Gasteiger partial charge is 0.343 e. The molecule has 2 N–H and O–H groups in total. The van der Waals surface area contributed by atoms with Gasteiger partial charge in [0.25, 0.3) is 0 Å². The van der Waals surface area contributed by atoms with Gasteiger partial charge in [-0.05, 0) is 35.4 Å². The SMILES string of the molecule is O=[PH](O)c1ccc(-c2ccc([PH](=O)O)cc2)cc1. The minimum Gasteiger partial charge on any atom is -0.343 e. The normalized spacial score (nSPS) is 14.1. The summed E-state index contributed by atoms with van der Waals surface area (Å²) >= 11 is 0. The lowest BCUT2D eigenvalue weighted by Gasteiger charge is -2.03. The van der Waals surface area contributed by atoms with Gasteiger partial charge in [-0.15, -0.1) is 0 Å². The Morgan fingerprint density at radius 2 is 0.889 bits per heavy atom. The Kier molecular flexibility index (Phi) is 4.15. The van der Waals surface area contributed by atoms with Crippen LogP contribution in [0, 0.1) is 0 Å². The molecule has 2 rings (SSSR count). The second kappa shape index (κ2) is 5.64. The minimum absolute atomic E-state index is 0.417. The van der Waals surface area contributed by atoms with Crippen LogP contribution in [-0.2, 0) is 9.13 Å². The van der Waals surface area contributed by atoms with Crippen LogP contribution in [0.25, 0.3) is 11.1 Å². The Morgan fingerprint density at radius 1 is 0.611 bits per heavy atom. The molecular formula is C12H12O4P2. The minimum atomic E-state index is -2.65. The maximum absolute atomic E-state index is 10.9. The lowest BCUT2D eigenvalue weighted by molar-refractivity contribution is 0.512. The number of rotatable bonds is 3. The molecule has 0 heterocycles. The van der Waals surface area contributed by atoms with E-state index in [0.29, 0.717) is 10.6 Å².